The Kier molecular flexibility index (Phi) is 6.17. The summed E-state index contributed by atoms with van der Waals surface area (Å²) in [5.41, 5.74) is 2.41. The van der Waals surface area contributed by atoms with E-state index in [1.54, 1.807) is 36.4 Å². The molecule has 0 bridgehead atoms. The fourth-order valence-corrected chi connectivity index (χ4v) is 3.35. The highest BCUT2D eigenvalue weighted by atomic mass is 16.5. The lowest BCUT2D eigenvalue weighted by Crippen LogP contribution is -2.43. The molecule has 1 heterocycles. The number of anilines is 2. The molecule has 7 heteroatoms. The van der Waals surface area contributed by atoms with E-state index >= 15 is 0 Å². The van der Waals surface area contributed by atoms with Crippen molar-refractivity contribution in [2.45, 2.75) is 6.92 Å². The molecule has 0 aliphatic carbocycles. The second-order valence-corrected chi connectivity index (χ2v) is 7.39. The Morgan fingerprint density at radius 3 is 2.62 bits per heavy atom. The van der Waals surface area contributed by atoms with Gasteiger partial charge in [-0.1, -0.05) is 30.3 Å². The quantitative estimate of drug-likeness (QED) is 0.579. The van der Waals surface area contributed by atoms with Gasteiger partial charge in [0.05, 0.1) is 5.69 Å². The van der Waals surface area contributed by atoms with E-state index in [0.717, 1.165) is 5.56 Å². The Bertz CT molecular complexity index is 1160. The van der Waals surface area contributed by atoms with Gasteiger partial charge in [0.15, 0.2) is 19.0 Å². The van der Waals surface area contributed by atoms with Crippen LogP contribution in [0.5, 0.6) is 11.5 Å². The van der Waals surface area contributed by atoms with E-state index < -0.39 is 0 Å². The molecule has 0 spiro atoms. The van der Waals surface area contributed by atoms with E-state index in [4.69, 9.17) is 9.47 Å². The average molecular weight is 430 g/mol. The van der Waals surface area contributed by atoms with Crippen molar-refractivity contribution in [2.75, 3.05) is 30.0 Å². The summed E-state index contributed by atoms with van der Waals surface area (Å²) in [4.78, 5) is 39.0. The number of Topliss-reactive ketones (excluding diaryl/α,β-unsaturated/α-hetero) is 1. The topological polar surface area (TPSA) is 84.9 Å². The number of hydrogen-bond donors (Lipinski definition) is 1. The summed E-state index contributed by atoms with van der Waals surface area (Å²) >= 11 is 0. The van der Waals surface area contributed by atoms with Gasteiger partial charge in [-0.3, -0.25) is 19.3 Å². The number of nitrogens with zero attached hydrogens (tertiary/aromatic N) is 1. The number of carbonyl (C=O) groups is 3. The molecule has 4 rings (SSSR count). The molecule has 0 unspecified atom stereocenters. The van der Waals surface area contributed by atoms with Crippen molar-refractivity contribution in [3.63, 3.8) is 0 Å². The maximum atomic E-state index is 12.7. The number of hydrogen-bond acceptors (Lipinski definition) is 5. The van der Waals surface area contributed by atoms with Gasteiger partial charge < -0.3 is 14.8 Å². The average Bonchev–Trinajstić information content (AvgIpc) is 2.80. The molecule has 1 aliphatic heterocycles. The van der Waals surface area contributed by atoms with Crippen LogP contribution in [0.2, 0.25) is 0 Å². The molecule has 3 aromatic carbocycles. The van der Waals surface area contributed by atoms with Gasteiger partial charge in [0.1, 0.15) is 18.0 Å². The standard InChI is InChI=1S/C25H22N2O5/c1-17-6-5-9-20(12-17)31-15-22(28)18-10-11-23-21(13-18)27(25(30)16-32-23)14-24(29)26-19-7-3-2-4-8-19/h2-13H,14-16H2,1H3,(H,26,29). The lowest BCUT2D eigenvalue weighted by molar-refractivity contribution is -0.123. The number of rotatable bonds is 7. The number of ether oxygens (including phenoxy) is 2. The first-order valence-electron chi connectivity index (χ1n) is 10.1. The molecular formula is C25H22N2O5. The predicted octanol–water partition coefficient (Wildman–Crippen LogP) is 3.62. The molecule has 1 aliphatic rings. The van der Waals surface area contributed by atoms with Gasteiger partial charge in [-0.05, 0) is 55.0 Å². The fraction of sp³-hybridized carbons (Fsp3) is 0.160. The zero-order valence-corrected chi connectivity index (χ0v) is 17.5. The number of para-hydroxylation sites is 1. The van der Waals surface area contributed by atoms with Crippen molar-refractivity contribution < 1.29 is 23.9 Å². The molecule has 2 amide bonds. The van der Waals surface area contributed by atoms with Gasteiger partial charge >= 0.3 is 0 Å². The SMILES string of the molecule is Cc1cccc(OCC(=O)c2ccc3c(c2)N(CC(=O)Nc2ccccc2)C(=O)CO3)c1. The number of benzene rings is 3. The Hall–Kier alpha value is -4.13. The van der Waals surface area contributed by atoms with E-state index in [1.165, 1.54) is 4.90 Å². The Labute approximate surface area is 185 Å². The molecule has 0 aromatic heterocycles. The third kappa shape index (κ3) is 4.95. The van der Waals surface area contributed by atoms with E-state index in [-0.39, 0.29) is 37.4 Å². The fourth-order valence-electron chi connectivity index (χ4n) is 3.35. The van der Waals surface area contributed by atoms with Crippen LogP contribution < -0.4 is 19.7 Å². The van der Waals surface area contributed by atoms with Crippen molar-refractivity contribution in [1.82, 2.24) is 0 Å². The lowest BCUT2D eigenvalue weighted by atomic mass is 10.1. The molecule has 0 radical (unpaired) electrons. The summed E-state index contributed by atoms with van der Waals surface area (Å²) in [6.07, 6.45) is 0. The van der Waals surface area contributed by atoms with Gasteiger partial charge in [0.2, 0.25) is 5.91 Å². The maximum Gasteiger partial charge on any atom is 0.265 e. The van der Waals surface area contributed by atoms with E-state index in [9.17, 15) is 14.4 Å². The van der Waals surface area contributed by atoms with Crippen LogP contribution in [0.3, 0.4) is 0 Å². The number of aryl methyl sites for hydroxylation is 1. The first kappa shape index (κ1) is 21.1. The highest BCUT2D eigenvalue weighted by Crippen LogP contribution is 2.33. The van der Waals surface area contributed by atoms with Gasteiger partial charge in [-0.25, -0.2) is 0 Å². The van der Waals surface area contributed by atoms with Crippen LogP contribution in [-0.4, -0.2) is 37.4 Å². The first-order chi connectivity index (χ1) is 15.5. The molecular weight excluding hydrogens is 408 g/mol. The summed E-state index contributed by atoms with van der Waals surface area (Å²) < 4.78 is 11.1. The van der Waals surface area contributed by atoms with Crippen LogP contribution in [0.4, 0.5) is 11.4 Å². The number of amides is 2. The zero-order valence-electron chi connectivity index (χ0n) is 17.5. The number of nitrogens with one attached hydrogen (secondary N) is 1. The van der Waals surface area contributed by atoms with Crippen LogP contribution in [0, 0.1) is 6.92 Å². The first-order valence-corrected chi connectivity index (χ1v) is 10.1. The minimum Gasteiger partial charge on any atom is -0.485 e. The molecule has 3 aromatic rings. The third-order valence-electron chi connectivity index (χ3n) is 4.94. The summed E-state index contributed by atoms with van der Waals surface area (Å²) in [6.45, 7) is 1.43. The summed E-state index contributed by atoms with van der Waals surface area (Å²) in [7, 11) is 0. The van der Waals surface area contributed by atoms with E-state index in [1.807, 2.05) is 43.3 Å². The summed E-state index contributed by atoms with van der Waals surface area (Å²) in [5.74, 6) is 0.0848. The van der Waals surface area contributed by atoms with Crippen LogP contribution in [0.15, 0.2) is 72.8 Å². The van der Waals surface area contributed by atoms with Gasteiger partial charge in [0.25, 0.3) is 5.91 Å². The van der Waals surface area contributed by atoms with E-state index in [2.05, 4.69) is 5.32 Å². The molecule has 0 saturated heterocycles. The van der Waals surface area contributed by atoms with Gasteiger partial charge in [0, 0.05) is 11.3 Å². The highest BCUT2D eigenvalue weighted by Gasteiger charge is 2.28. The Morgan fingerprint density at radius 2 is 1.84 bits per heavy atom. The van der Waals surface area contributed by atoms with Crippen molar-refractivity contribution in [3.8, 4) is 11.5 Å². The van der Waals surface area contributed by atoms with E-state index in [0.29, 0.717) is 28.4 Å². The van der Waals surface area contributed by atoms with Crippen LogP contribution in [0.25, 0.3) is 0 Å². The molecule has 0 saturated carbocycles. The highest BCUT2D eigenvalue weighted by molar-refractivity contribution is 6.06. The zero-order chi connectivity index (χ0) is 22.5. The molecule has 162 valence electrons. The van der Waals surface area contributed by atoms with Gasteiger partial charge in [-0.15, -0.1) is 0 Å². The normalized spacial score (nSPS) is 12.5. The number of ketones is 1. The smallest absolute Gasteiger partial charge is 0.265 e. The largest absolute Gasteiger partial charge is 0.485 e. The maximum absolute atomic E-state index is 12.7. The number of carbonyl (C=O) groups excluding carboxylic acids is 3. The molecule has 32 heavy (non-hydrogen) atoms. The Balaban J connectivity index is 1.48. The molecule has 0 atom stereocenters. The van der Waals surface area contributed by atoms with Crippen molar-refractivity contribution in [3.05, 3.63) is 83.9 Å². The van der Waals surface area contributed by atoms with Crippen LogP contribution in [-0.2, 0) is 9.59 Å². The predicted molar refractivity (Wildman–Crippen MR) is 120 cm³/mol. The van der Waals surface area contributed by atoms with Crippen LogP contribution >= 0.6 is 0 Å². The minimum atomic E-state index is -0.360. The summed E-state index contributed by atoms with van der Waals surface area (Å²) in [6, 6.07) is 21.2. The van der Waals surface area contributed by atoms with Crippen molar-refractivity contribution >= 4 is 29.0 Å². The van der Waals surface area contributed by atoms with Crippen LogP contribution in [0.1, 0.15) is 15.9 Å². The van der Waals surface area contributed by atoms with Crippen molar-refractivity contribution in [1.29, 1.82) is 0 Å². The minimum absolute atomic E-state index is 0.147. The molecule has 0 fully saturated rings. The van der Waals surface area contributed by atoms with Crippen molar-refractivity contribution in [2.24, 2.45) is 0 Å². The second-order valence-electron chi connectivity index (χ2n) is 7.39. The molecule has 7 nitrogen and oxygen atoms in total. The summed E-state index contributed by atoms with van der Waals surface area (Å²) in [5, 5.41) is 2.76. The third-order valence-corrected chi connectivity index (χ3v) is 4.94. The second kappa shape index (κ2) is 9.34. The number of fused-ring (bicyclic) bond motifs is 1. The Morgan fingerprint density at radius 1 is 1.03 bits per heavy atom. The lowest BCUT2D eigenvalue weighted by Gasteiger charge is -2.29. The molecule has 1 N–H and O–H groups in total. The van der Waals surface area contributed by atoms with Gasteiger partial charge in [-0.2, -0.15) is 0 Å². The monoisotopic (exact) mass is 430 g/mol.